The molecule has 26 heavy (non-hydrogen) atoms. The molecule has 1 saturated heterocycles. The molecule has 1 aliphatic heterocycles. The minimum atomic E-state index is -0.0262. The van der Waals surface area contributed by atoms with Crippen LogP contribution in [0.4, 0.5) is 0 Å². The zero-order valence-corrected chi connectivity index (χ0v) is 15.0. The van der Waals surface area contributed by atoms with Crippen molar-refractivity contribution in [2.24, 2.45) is 0 Å². The number of likely N-dealkylation sites (tertiary alicyclic amines) is 1. The van der Waals surface area contributed by atoms with Gasteiger partial charge in [0, 0.05) is 63.7 Å². The van der Waals surface area contributed by atoms with Gasteiger partial charge in [-0.2, -0.15) is 0 Å². The number of carbonyl (C=O) groups excluding carboxylic acids is 2. The Hall–Kier alpha value is -2.77. The zero-order chi connectivity index (χ0) is 18.4. The van der Waals surface area contributed by atoms with Gasteiger partial charge in [-0.05, 0) is 12.8 Å². The molecule has 0 aliphatic carbocycles. The third-order valence-corrected chi connectivity index (χ3v) is 4.74. The molecule has 2 amide bonds. The van der Waals surface area contributed by atoms with Crippen molar-refractivity contribution >= 4 is 11.8 Å². The number of amides is 2. The topological polar surface area (TPSA) is 93.0 Å². The highest BCUT2D eigenvalue weighted by molar-refractivity contribution is 5.75. The summed E-state index contributed by atoms with van der Waals surface area (Å²) in [5.74, 6) is 0.367. The molecule has 2 aromatic heterocycles. The molecule has 2 aromatic rings. The van der Waals surface area contributed by atoms with Gasteiger partial charge in [0.15, 0.2) is 0 Å². The first-order chi connectivity index (χ1) is 12.6. The van der Waals surface area contributed by atoms with Gasteiger partial charge in [0.1, 0.15) is 0 Å². The Morgan fingerprint density at radius 1 is 1.19 bits per heavy atom. The van der Waals surface area contributed by atoms with Crippen molar-refractivity contribution in [3.8, 4) is 0 Å². The second-order valence-corrected chi connectivity index (χ2v) is 6.50. The fourth-order valence-electron chi connectivity index (χ4n) is 3.24. The van der Waals surface area contributed by atoms with E-state index in [9.17, 15) is 9.59 Å². The number of rotatable bonds is 6. The zero-order valence-electron chi connectivity index (χ0n) is 15.0. The summed E-state index contributed by atoms with van der Waals surface area (Å²) in [6.45, 7) is 4.06. The van der Waals surface area contributed by atoms with Crippen molar-refractivity contribution in [1.29, 1.82) is 0 Å². The summed E-state index contributed by atoms with van der Waals surface area (Å²) in [6.07, 6.45) is 10.7. The maximum Gasteiger partial charge on any atom is 0.222 e. The Kier molecular flexibility index (Phi) is 5.93. The number of aryl methyl sites for hydroxylation is 1. The molecule has 0 saturated carbocycles. The molecule has 3 rings (SSSR count). The van der Waals surface area contributed by atoms with Crippen molar-refractivity contribution in [1.82, 2.24) is 29.7 Å². The molecule has 3 heterocycles. The smallest absolute Gasteiger partial charge is 0.222 e. The summed E-state index contributed by atoms with van der Waals surface area (Å²) in [5, 5.41) is 2.93. The third-order valence-electron chi connectivity index (χ3n) is 4.74. The van der Waals surface area contributed by atoms with Gasteiger partial charge in [-0.3, -0.25) is 19.6 Å². The summed E-state index contributed by atoms with van der Waals surface area (Å²) >= 11 is 0. The number of imidazole rings is 1. The Labute approximate surface area is 152 Å². The van der Waals surface area contributed by atoms with Crippen molar-refractivity contribution in [2.75, 3.05) is 13.1 Å². The second kappa shape index (κ2) is 8.55. The monoisotopic (exact) mass is 356 g/mol. The maximum absolute atomic E-state index is 12.1. The molecule has 8 nitrogen and oxygen atoms in total. The number of piperidine rings is 1. The SMILES string of the molecule is CC(=O)N1CCC(c2nccnc2CNC(=O)CCn2ccnc2)CC1. The molecule has 0 unspecified atom stereocenters. The van der Waals surface area contributed by atoms with Crippen LogP contribution < -0.4 is 5.32 Å². The summed E-state index contributed by atoms with van der Waals surface area (Å²) in [4.78, 5) is 38.3. The quantitative estimate of drug-likeness (QED) is 0.837. The predicted molar refractivity (Wildman–Crippen MR) is 95.0 cm³/mol. The molecular formula is C18H24N6O2. The first-order valence-corrected chi connectivity index (χ1v) is 8.91. The van der Waals surface area contributed by atoms with Crippen LogP contribution in [0.15, 0.2) is 31.1 Å². The second-order valence-electron chi connectivity index (χ2n) is 6.50. The normalized spacial score (nSPS) is 15.0. The standard InChI is InChI=1S/C18H24N6O2/c1-14(25)24-9-2-15(3-10-24)18-16(20-5-6-21-18)12-22-17(26)4-8-23-11-7-19-13-23/h5-7,11,13,15H,2-4,8-10,12H2,1H3,(H,22,26). The van der Waals surface area contributed by atoms with Crippen LogP contribution in [0.1, 0.15) is 43.5 Å². The number of nitrogens with one attached hydrogen (secondary N) is 1. The minimum Gasteiger partial charge on any atom is -0.350 e. The van der Waals surface area contributed by atoms with Gasteiger partial charge >= 0.3 is 0 Å². The third kappa shape index (κ3) is 4.65. The minimum absolute atomic E-state index is 0.0262. The van der Waals surface area contributed by atoms with Crippen molar-refractivity contribution < 1.29 is 9.59 Å². The van der Waals surface area contributed by atoms with Crippen LogP contribution in [0, 0.1) is 0 Å². The molecule has 1 N–H and O–H groups in total. The number of carbonyl (C=O) groups is 2. The van der Waals surface area contributed by atoms with Gasteiger partial charge in [0.25, 0.3) is 0 Å². The van der Waals surface area contributed by atoms with E-state index in [2.05, 4.69) is 20.3 Å². The fourth-order valence-corrected chi connectivity index (χ4v) is 3.24. The maximum atomic E-state index is 12.1. The predicted octanol–water partition coefficient (Wildman–Crippen LogP) is 1.11. The average molecular weight is 356 g/mol. The van der Waals surface area contributed by atoms with Crippen LogP contribution in [-0.2, 0) is 22.7 Å². The van der Waals surface area contributed by atoms with E-state index in [1.165, 1.54) is 0 Å². The lowest BCUT2D eigenvalue weighted by Gasteiger charge is -2.31. The molecule has 1 aliphatic rings. The van der Waals surface area contributed by atoms with E-state index in [-0.39, 0.29) is 17.7 Å². The van der Waals surface area contributed by atoms with Gasteiger partial charge in [-0.25, -0.2) is 4.98 Å². The highest BCUT2D eigenvalue weighted by atomic mass is 16.2. The van der Waals surface area contributed by atoms with Gasteiger partial charge < -0.3 is 14.8 Å². The van der Waals surface area contributed by atoms with E-state index >= 15 is 0 Å². The van der Waals surface area contributed by atoms with Crippen molar-refractivity contribution in [3.63, 3.8) is 0 Å². The van der Waals surface area contributed by atoms with Crippen LogP contribution >= 0.6 is 0 Å². The molecule has 8 heteroatoms. The lowest BCUT2D eigenvalue weighted by molar-refractivity contribution is -0.129. The van der Waals surface area contributed by atoms with Crippen LogP contribution in [0.25, 0.3) is 0 Å². The highest BCUT2D eigenvalue weighted by Gasteiger charge is 2.25. The number of aromatic nitrogens is 4. The Morgan fingerprint density at radius 3 is 2.65 bits per heavy atom. The van der Waals surface area contributed by atoms with Crippen LogP contribution in [0.3, 0.4) is 0 Å². The molecule has 0 atom stereocenters. The first-order valence-electron chi connectivity index (χ1n) is 8.91. The molecule has 0 aromatic carbocycles. The van der Waals surface area contributed by atoms with E-state index in [0.717, 1.165) is 37.3 Å². The number of hydrogen-bond donors (Lipinski definition) is 1. The molecule has 0 radical (unpaired) electrons. The summed E-state index contributed by atoms with van der Waals surface area (Å²) in [7, 11) is 0. The first kappa shape index (κ1) is 18.0. The number of hydrogen-bond acceptors (Lipinski definition) is 5. The largest absolute Gasteiger partial charge is 0.350 e. The van der Waals surface area contributed by atoms with Crippen LogP contribution in [-0.4, -0.2) is 49.3 Å². The van der Waals surface area contributed by atoms with E-state index in [1.54, 1.807) is 31.8 Å². The molecule has 1 fully saturated rings. The number of nitrogens with zero attached hydrogens (tertiary/aromatic N) is 5. The molecule has 0 spiro atoms. The fraction of sp³-hybridized carbons (Fsp3) is 0.500. The van der Waals surface area contributed by atoms with Gasteiger partial charge in [-0.15, -0.1) is 0 Å². The lowest BCUT2D eigenvalue weighted by atomic mass is 9.92. The van der Waals surface area contributed by atoms with E-state index in [0.29, 0.717) is 19.5 Å². The van der Waals surface area contributed by atoms with Gasteiger partial charge in [-0.1, -0.05) is 0 Å². The molecular weight excluding hydrogens is 332 g/mol. The lowest BCUT2D eigenvalue weighted by Crippen LogP contribution is -2.37. The Morgan fingerprint density at radius 2 is 1.96 bits per heavy atom. The Balaban J connectivity index is 1.54. The average Bonchev–Trinajstić information content (AvgIpc) is 3.18. The van der Waals surface area contributed by atoms with Gasteiger partial charge in [0.05, 0.1) is 24.3 Å². The molecule has 0 bridgehead atoms. The van der Waals surface area contributed by atoms with Crippen LogP contribution in [0.5, 0.6) is 0 Å². The highest BCUT2D eigenvalue weighted by Crippen LogP contribution is 2.28. The van der Waals surface area contributed by atoms with E-state index in [4.69, 9.17) is 0 Å². The summed E-state index contributed by atoms with van der Waals surface area (Å²) in [5.41, 5.74) is 1.75. The molecule has 138 valence electrons. The van der Waals surface area contributed by atoms with Gasteiger partial charge in [0.2, 0.25) is 11.8 Å². The van der Waals surface area contributed by atoms with Crippen molar-refractivity contribution in [3.05, 3.63) is 42.5 Å². The van der Waals surface area contributed by atoms with Crippen LogP contribution in [0.2, 0.25) is 0 Å². The van der Waals surface area contributed by atoms with E-state index < -0.39 is 0 Å². The summed E-state index contributed by atoms with van der Waals surface area (Å²) < 4.78 is 1.87. The van der Waals surface area contributed by atoms with E-state index in [1.807, 2.05) is 15.7 Å². The Bertz CT molecular complexity index is 738. The summed E-state index contributed by atoms with van der Waals surface area (Å²) in [6, 6.07) is 0. The van der Waals surface area contributed by atoms with Crippen molar-refractivity contribution in [2.45, 2.75) is 45.2 Å².